The lowest BCUT2D eigenvalue weighted by Crippen LogP contribution is -2.44. The number of amides is 2. The molecule has 2 rings (SSSR count). The molecule has 0 aliphatic heterocycles. The van der Waals surface area contributed by atoms with Crippen molar-refractivity contribution >= 4 is 11.8 Å². The van der Waals surface area contributed by atoms with Crippen molar-refractivity contribution in [1.82, 2.24) is 10.6 Å². The van der Waals surface area contributed by atoms with Crippen LogP contribution >= 0.6 is 0 Å². The molecule has 3 N–H and O–H groups in total. The van der Waals surface area contributed by atoms with Crippen LogP contribution in [-0.4, -0.2) is 36.1 Å². The summed E-state index contributed by atoms with van der Waals surface area (Å²) in [5, 5.41) is 15.3. The molecule has 5 nitrogen and oxygen atoms in total. The van der Waals surface area contributed by atoms with E-state index in [0.717, 1.165) is 32.1 Å². The Bertz CT molecular complexity index is 380. The Morgan fingerprint density at radius 1 is 0.913 bits per heavy atom. The van der Waals surface area contributed by atoms with Crippen molar-refractivity contribution < 1.29 is 14.7 Å². The van der Waals surface area contributed by atoms with Crippen LogP contribution in [0.1, 0.15) is 77.0 Å². The molecule has 0 aromatic rings. The van der Waals surface area contributed by atoms with Gasteiger partial charge in [-0.25, -0.2) is 0 Å². The average Bonchev–Trinajstić information content (AvgIpc) is 2.47. The summed E-state index contributed by atoms with van der Waals surface area (Å²) in [4.78, 5) is 23.9. The van der Waals surface area contributed by atoms with Gasteiger partial charge in [-0.05, 0) is 25.7 Å². The lowest BCUT2D eigenvalue weighted by molar-refractivity contribution is -0.127. The Balaban J connectivity index is 1.60. The molecule has 0 radical (unpaired) electrons. The Kier molecular flexibility index (Phi) is 7.34. The standard InChI is InChI=1S/C18H32N2O3/c21-14-18(11-6-12-18)13-19-16(22)9-10-17(23)20-15-7-4-2-1-3-5-8-15/h15,21H,1-14H2,(H,19,22)(H,20,23). The fourth-order valence-corrected chi connectivity index (χ4v) is 3.57. The summed E-state index contributed by atoms with van der Waals surface area (Å²) in [6.45, 7) is 0.669. The number of carbonyl (C=O) groups excluding carboxylic acids is 2. The van der Waals surface area contributed by atoms with E-state index < -0.39 is 0 Å². The second kappa shape index (κ2) is 9.26. The molecule has 0 aromatic heterocycles. The molecule has 0 atom stereocenters. The number of carbonyl (C=O) groups is 2. The predicted molar refractivity (Wildman–Crippen MR) is 89.9 cm³/mol. The third kappa shape index (κ3) is 6.13. The highest BCUT2D eigenvalue weighted by Crippen LogP contribution is 2.39. The van der Waals surface area contributed by atoms with E-state index in [1.807, 2.05) is 0 Å². The maximum atomic E-state index is 12.0. The van der Waals surface area contributed by atoms with Crippen LogP contribution in [0.2, 0.25) is 0 Å². The zero-order chi connectivity index (χ0) is 16.5. The van der Waals surface area contributed by atoms with Gasteiger partial charge in [0.2, 0.25) is 11.8 Å². The van der Waals surface area contributed by atoms with Crippen molar-refractivity contribution in [1.29, 1.82) is 0 Å². The van der Waals surface area contributed by atoms with Crippen LogP contribution in [0.25, 0.3) is 0 Å². The predicted octanol–water partition coefficient (Wildman–Crippen LogP) is 2.27. The van der Waals surface area contributed by atoms with E-state index in [2.05, 4.69) is 10.6 Å². The summed E-state index contributed by atoms with van der Waals surface area (Å²) >= 11 is 0. The van der Waals surface area contributed by atoms with E-state index >= 15 is 0 Å². The first-order chi connectivity index (χ1) is 11.1. The molecule has 2 fully saturated rings. The van der Waals surface area contributed by atoms with E-state index in [1.165, 1.54) is 32.1 Å². The zero-order valence-electron chi connectivity index (χ0n) is 14.2. The molecule has 0 heterocycles. The fraction of sp³-hybridized carbons (Fsp3) is 0.889. The minimum absolute atomic E-state index is 0.00811. The average molecular weight is 324 g/mol. The van der Waals surface area contributed by atoms with Crippen molar-refractivity contribution in [2.75, 3.05) is 13.2 Å². The van der Waals surface area contributed by atoms with Gasteiger partial charge < -0.3 is 15.7 Å². The quantitative estimate of drug-likeness (QED) is 0.672. The summed E-state index contributed by atoms with van der Waals surface area (Å²) in [5.74, 6) is -0.0937. The first kappa shape index (κ1) is 18.2. The van der Waals surface area contributed by atoms with Crippen LogP contribution in [-0.2, 0) is 9.59 Å². The first-order valence-electron chi connectivity index (χ1n) is 9.30. The lowest BCUT2D eigenvalue weighted by Gasteiger charge is -2.40. The smallest absolute Gasteiger partial charge is 0.220 e. The molecular weight excluding hydrogens is 292 g/mol. The van der Waals surface area contributed by atoms with Crippen LogP contribution in [0.3, 0.4) is 0 Å². The summed E-state index contributed by atoms with van der Waals surface area (Å²) < 4.78 is 0. The highest BCUT2D eigenvalue weighted by atomic mass is 16.3. The maximum Gasteiger partial charge on any atom is 0.220 e. The Labute approximate surface area is 139 Å². The van der Waals surface area contributed by atoms with Crippen molar-refractivity contribution in [3.8, 4) is 0 Å². The minimum Gasteiger partial charge on any atom is -0.396 e. The molecule has 0 aromatic carbocycles. The zero-order valence-corrected chi connectivity index (χ0v) is 14.2. The third-order valence-electron chi connectivity index (χ3n) is 5.46. The van der Waals surface area contributed by atoms with E-state index in [4.69, 9.17) is 0 Å². The van der Waals surface area contributed by atoms with Gasteiger partial charge in [0.15, 0.2) is 0 Å². The lowest BCUT2D eigenvalue weighted by atomic mass is 9.69. The Morgan fingerprint density at radius 2 is 1.52 bits per heavy atom. The van der Waals surface area contributed by atoms with Gasteiger partial charge in [0, 0.05) is 30.8 Å². The molecule has 5 heteroatoms. The highest BCUT2D eigenvalue weighted by molar-refractivity contribution is 5.83. The number of aliphatic hydroxyl groups excluding tert-OH is 1. The van der Waals surface area contributed by atoms with Gasteiger partial charge in [-0.1, -0.05) is 38.5 Å². The molecule has 132 valence electrons. The van der Waals surface area contributed by atoms with Gasteiger partial charge in [-0.15, -0.1) is 0 Å². The van der Waals surface area contributed by atoms with Crippen LogP contribution in [0.4, 0.5) is 0 Å². The van der Waals surface area contributed by atoms with Crippen molar-refractivity contribution in [3.05, 3.63) is 0 Å². The second-order valence-electron chi connectivity index (χ2n) is 7.40. The summed E-state index contributed by atoms with van der Waals surface area (Å²) in [5.41, 5.74) is -0.100. The van der Waals surface area contributed by atoms with Gasteiger partial charge in [-0.3, -0.25) is 9.59 Å². The molecular formula is C18H32N2O3. The third-order valence-corrected chi connectivity index (χ3v) is 5.46. The molecule has 2 aliphatic carbocycles. The van der Waals surface area contributed by atoms with E-state index in [0.29, 0.717) is 12.6 Å². The number of hydrogen-bond acceptors (Lipinski definition) is 3. The van der Waals surface area contributed by atoms with Gasteiger partial charge in [0.25, 0.3) is 0 Å². The maximum absolute atomic E-state index is 12.0. The fourth-order valence-electron chi connectivity index (χ4n) is 3.57. The molecule has 2 aliphatic rings. The summed E-state index contributed by atoms with van der Waals surface area (Å²) in [6.07, 6.45) is 11.9. The topological polar surface area (TPSA) is 78.4 Å². The molecule has 0 saturated heterocycles. The summed E-state index contributed by atoms with van der Waals surface area (Å²) in [6, 6.07) is 0.290. The summed E-state index contributed by atoms with van der Waals surface area (Å²) in [7, 11) is 0. The minimum atomic E-state index is -0.100. The monoisotopic (exact) mass is 324 g/mol. The molecule has 0 spiro atoms. The number of rotatable bonds is 7. The van der Waals surface area contributed by atoms with Crippen LogP contribution in [0.5, 0.6) is 0 Å². The largest absolute Gasteiger partial charge is 0.396 e. The normalized spacial score (nSPS) is 21.6. The highest BCUT2D eigenvalue weighted by Gasteiger charge is 2.36. The molecule has 0 unspecified atom stereocenters. The second-order valence-corrected chi connectivity index (χ2v) is 7.40. The van der Waals surface area contributed by atoms with E-state index in [1.54, 1.807) is 0 Å². The SMILES string of the molecule is O=C(CCC(=O)NC1CCCCCCC1)NCC1(CO)CCC1. The Hall–Kier alpha value is -1.10. The van der Waals surface area contributed by atoms with Gasteiger partial charge in [0.1, 0.15) is 0 Å². The molecule has 2 amide bonds. The van der Waals surface area contributed by atoms with Gasteiger partial charge in [-0.2, -0.15) is 0 Å². The van der Waals surface area contributed by atoms with Crippen molar-refractivity contribution in [3.63, 3.8) is 0 Å². The van der Waals surface area contributed by atoms with Crippen molar-refractivity contribution in [2.45, 2.75) is 83.1 Å². The number of hydrogen-bond donors (Lipinski definition) is 3. The van der Waals surface area contributed by atoms with E-state index in [-0.39, 0.29) is 36.7 Å². The molecule has 0 bridgehead atoms. The van der Waals surface area contributed by atoms with Crippen LogP contribution < -0.4 is 10.6 Å². The van der Waals surface area contributed by atoms with E-state index in [9.17, 15) is 14.7 Å². The Morgan fingerprint density at radius 3 is 2.09 bits per heavy atom. The van der Waals surface area contributed by atoms with Crippen LogP contribution in [0.15, 0.2) is 0 Å². The number of nitrogens with one attached hydrogen (secondary N) is 2. The first-order valence-corrected chi connectivity index (χ1v) is 9.30. The number of aliphatic hydroxyl groups is 1. The van der Waals surface area contributed by atoms with Gasteiger partial charge in [0.05, 0.1) is 6.61 Å². The molecule has 2 saturated carbocycles. The van der Waals surface area contributed by atoms with Crippen molar-refractivity contribution in [2.24, 2.45) is 5.41 Å². The van der Waals surface area contributed by atoms with Crippen LogP contribution in [0, 0.1) is 5.41 Å². The van der Waals surface area contributed by atoms with Gasteiger partial charge >= 0.3 is 0 Å². The molecule has 23 heavy (non-hydrogen) atoms.